The maximum absolute atomic E-state index is 12.5. The molecule has 1 fully saturated rings. The molecule has 1 saturated heterocycles. The first-order chi connectivity index (χ1) is 12.7. The Morgan fingerprint density at radius 1 is 1.12 bits per heavy atom. The summed E-state index contributed by atoms with van der Waals surface area (Å²) in [4.78, 5) is 19.3. The largest absolute Gasteiger partial charge is 0.378 e. The molecular weight excluding hydrogens is 328 g/mol. The highest BCUT2D eigenvalue weighted by molar-refractivity contribution is 5.92. The highest BCUT2D eigenvalue weighted by atomic mass is 16.5. The van der Waals surface area contributed by atoms with Gasteiger partial charge in [0.05, 0.1) is 24.2 Å². The Kier molecular flexibility index (Phi) is 4.58. The summed E-state index contributed by atoms with van der Waals surface area (Å²) in [6, 6.07) is 15.8. The predicted molar refractivity (Wildman–Crippen MR) is 103 cm³/mol. The molecule has 4 rings (SSSR count). The number of benzene rings is 2. The lowest BCUT2D eigenvalue weighted by Gasteiger charge is -2.28. The van der Waals surface area contributed by atoms with Gasteiger partial charge in [0, 0.05) is 24.5 Å². The number of para-hydroxylation sites is 2. The van der Waals surface area contributed by atoms with Crippen LogP contribution in [0.1, 0.15) is 5.82 Å². The molecule has 2 aromatic carbocycles. The van der Waals surface area contributed by atoms with Gasteiger partial charge in [-0.1, -0.05) is 12.1 Å². The van der Waals surface area contributed by atoms with Crippen molar-refractivity contribution in [2.24, 2.45) is 0 Å². The Bertz CT molecular complexity index is 911. The first-order valence-corrected chi connectivity index (χ1v) is 8.85. The molecule has 6 nitrogen and oxygen atoms in total. The fraction of sp³-hybridized carbons (Fsp3) is 0.300. The zero-order valence-corrected chi connectivity index (χ0v) is 14.8. The van der Waals surface area contributed by atoms with Crippen LogP contribution >= 0.6 is 0 Å². The number of imidazole rings is 1. The van der Waals surface area contributed by atoms with Crippen LogP contribution in [0, 0.1) is 6.92 Å². The number of hydrogen-bond donors (Lipinski definition) is 1. The number of morpholine rings is 1. The van der Waals surface area contributed by atoms with Crippen LogP contribution in [-0.2, 0) is 16.1 Å². The van der Waals surface area contributed by atoms with E-state index in [-0.39, 0.29) is 12.5 Å². The third-order valence-corrected chi connectivity index (χ3v) is 4.67. The average Bonchev–Trinajstić information content (AvgIpc) is 2.98. The summed E-state index contributed by atoms with van der Waals surface area (Å²) < 4.78 is 7.32. The van der Waals surface area contributed by atoms with Crippen LogP contribution < -0.4 is 10.2 Å². The third kappa shape index (κ3) is 3.41. The summed E-state index contributed by atoms with van der Waals surface area (Å²) in [5.74, 6) is 0.777. The topological polar surface area (TPSA) is 59.4 Å². The molecule has 134 valence electrons. The lowest BCUT2D eigenvalue weighted by molar-refractivity contribution is -0.116. The molecule has 1 aliphatic heterocycles. The molecule has 1 amide bonds. The number of aryl methyl sites for hydroxylation is 1. The number of rotatable bonds is 4. The molecule has 0 bridgehead atoms. The molecule has 1 aliphatic rings. The normalized spacial score (nSPS) is 14.6. The van der Waals surface area contributed by atoms with Crippen molar-refractivity contribution >= 4 is 28.3 Å². The molecule has 6 heteroatoms. The minimum Gasteiger partial charge on any atom is -0.378 e. The second-order valence-corrected chi connectivity index (χ2v) is 6.43. The van der Waals surface area contributed by atoms with Crippen LogP contribution in [0.4, 0.5) is 11.4 Å². The Morgan fingerprint density at radius 2 is 1.85 bits per heavy atom. The zero-order valence-electron chi connectivity index (χ0n) is 14.8. The molecule has 3 aromatic rings. The monoisotopic (exact) mass is 350 g/mol. The maximum Gasteiger partial charge on any atom is 0.244 e. The fourth-order valence-corrected chi connectivity index (χ4v) is 3.32. The van der Waals surface area contributed by atoms with E-state index in [4.69, 9.17) is 4.74 Å². The standard InChI is InChI=1S/C20H22N4O2/c1-15-21-18-4-2-3-5-19(18)24(15)14-20(25)22-16-6-8-17(9-7-16)23-10-12-26-13-11-23/h2-9H,10-14H2,1H3,(H,22,25). The Hall–Kier alpha value is -2.86. The van der Waals surface area contributed by atoms with E-state index in [2.05, 4.69) is 15.2 Å². The van der Waals surface area contributed by atoms with E-state index in [0.717, 1.165) is 54.5 Å². The van der Waals surface area contributed by atoms with Gasteiger partial charge in [-0.2, -0.15) is 0 Å². The van der Waals surface area contributed by atoms with Gasteiger partial charge in [0.25, 0.3) is 0 Å². The summed E-state index contributed by atoms with van der Waals surface area (Å²) in [5.41, 5.74) is 3.84. The molecule has 0 unspecified atom stereocenters. The number of fused-ring (bicyclic) bond motifs is 1. The number of carbonyl (C=O) groups excluding carboxylic acids is 1. The molecule has 2 heterocycles. The van der Waals surface area contributed by atoms with Gasteiger partial charge in [0.15, 0.2) is 0 Å². The summed E-state index contributed by atoms with van der Waals surface area (Å²) >= 11 is 0. The van der Waals surface area contributed by atoms with Crippen molar-refractivity contribution in [1.82, 2.24) is 9.55 Å². The van der Waals surface area contributed by atoms with Gasteiger partial charge >= 0.3 is 0 Å². The van der Waals surface area contributed by atoms with Crippen LogP contribution in [-0.4, -0.2) is 41.8 Å². The van der Waals surface area contributed by atoms with Crippen molar-refractivity contribution in [3.8, 4) is 0 Å². The van der Waals surface area contributed by atoms with E-state index in [1.165, 1.54) is 0 Å². The van der Waals surface area contributed by atoms with Gasteiger partial charge in [-0.25, -0.2) is 4.98 Å². The van der Waals surface area contributed by atoms with E-state index in [0.29, 0.717) is 0 Å². The Balaban J connectivity index is 1.43. The van der Waals surface area contributed by atoms with Crippen LogP contribution in [0.5, 0.6) is 0 Å². The SMILES string of the molecule is Cc1nc2ccccc2n1CC(=O)Nc1ccc(N2CCOCC2)cc1. The second-order valence-electron chi connectivity index (χ2n) is 6.43. The summed E-state index contributed by atoms with van der Waals surface area (Å²) in [6.45, 7) is 5.49. The number of nitrogens with zero attached hydrogens (tertiary/aromatic N) is 3. The lowest BCUT2D eigenvalue weighted by Crippen LogP contribution is -2.36. The highest BCUT2D eigenvalue weighted by Crippen LogP contribution is 2.20. The number of carbonyl (C=O) groups is 1. The first kappa shape index (κ1) is 16.6. The minimum absolute atomic E-state index is 0.0598. The lowest BCUT2D eigenvalue weighted by atomic mass is 10.2. The van der Waals surface area contributed by atoms with E-state index in [9.17, 15) is 4.79 Å². The number of anilines is 2. The molecule has 1 aromatic heterocycles. The quantitative estimate of drug-likeness (QED) is 0.786. The molecule has 1 N–H and O–H groups in total. The number of aromatic nitrogens is 2. The molecule has 0 spiro atoms. The van der Waals surface area contributed by atoms with Crippen molar-refractivity contribution in [2.45, 2.75) is 13.5 Å². The molecule has 0 atom stereocenters. The third-order valence-electron chi connectivity index (χ3n) is 4.67. The fourth-order valence-electron chi connectivity index (χ4n) is 3.32. The summed E-state index contributed by atoms with van der Waals surface area (Å²) in [7, 11) is 0. The highest BCUT2D eigenvalue weighted by Gasteiger charge is 2.13. The van der Waals surface area contributed by atoms with Crippen LogP contribution in [0.2, 0.25) is 0 Å². The molecule has 0 aliphatic carbocycles. The molecule has 0 saturated carbocycles. The summed E-state index contributed by atoms with van der Waals surface area (Å²) in [5, 5.41) is 2.97. The number of hydrogen-bond acceptors (Lipinski definition) is 4. The minimum atomic E-state index is -0.0598. The Labute approximate surface area is 152 Å². The molecular formula is C20H22N4O2. The van der Waals surface area contributed by atoms with Gasteiger partial charge in [0.2, 0.25) is 5.91 Å². The number of ether oxygens (including phenoxy) is 1. The van der Waals surface area contributed by atoms with Gasteiger partial charge in [0.1, 0.15) is 12.4 Å². The van der Waals surface area contributed by atoms with E-state index >= 15 is 0 Å². The van der Waals surface area contributed by atoms with Gasteiger partial charge in [-0.05, 0) is 43.3 Å². The molecule has 26 heavy (non-hydrogen) atoms. The van der Waals surface area contributed by atoms with Crippen molar-refractivity contribution < 1.29 is 9.53 Å². The zero-order chi connectivity index (χ0) is 17.9. The molecule has 0 radical (unpaired) electrons. The predicted octanol–water partition coefficient (Wildman–Crippen LogP) is 2.82. The van der Waals surface area contributed by atoms with Crippen LogP contribution in [0.3, 0.4) is 0 Å². The van der Waals surface area contributed by atoms with E-state index in [1.807, 2.05) is 60.0 Å². The second kappa shape index (κ2) is 7.17. The van der Waals surface area contributed by atoms with Crippen molar-refractivity contribution in [2.75, 3.05) is 36.5 Å². The summed E-state index contributed by atoms with van der Waals surface area (Å²) in [6.07, 6.45) is 0. The smallest absolute Gasteiger partial charge is 0.244 e. The average molecular weight is 350 g/mol. The van der Waals surface area contributed by atoms with Gasteiger partial charge in [-0.3, -0.25) is 4.79 Å². The van der Waals surface area contributed by atoms with Crippen molar-refractivity contribution in [1.29, 1.82) is 0 Å². The maximum atomic E-state index is 12.5. The van der Waals surface area contributed by atoms with Crippen LogP contribution in [0.25, 0.3) is 11.0 Å². The number of amides is 1. The number of nitrogens with one attached hydrogen (secondary N) is 1. The van der Waals surface area contributed by atoms with E-state index < -0.39 is 0 Å². The van der Waals surface area contributed by atoms with Gasteiger partial charge < -0.3 is 19.5 Å². The van der Waals surface area contributed by atoms with Crippen LogP contribution in [0.15, 0.2) is 48.5 Å². The first-order valence-electron chi connectivity index (χ1n) is 8.85. The van der Waals surface area contributed by atoms with Crippen molar-refractivity contribution in [3.05, 3.63) is 54.4 Å². The van der Waals surface area contributed by atoms with E-state index in [1.54, 1.807) is 0 Å². The van der Waals surface area contributed by atoms with Crippen molar-refractivity contribution in [3.63, 3.8) is 0 Å². The van der Waals surface area contributed by atoms with Gasteiger partial charge in [-0.15, -0.1) is 0 Å². The Morgan fingerprint density at radius 3 is 2.62 bits per heavy atom.